The van der Waals surface area contributed by atoms with E-state index in [1.165, 1.54) is 36.1 Å². The number of aryl methyl sites for hydroxylation is 1. The van der Waals surface area contributed by atoms with Crippen LogP contribution in [0.2, 0.25) is 0 Å². The fourth-order valence-corrected chi connectivity index (χ4v) is 3.08. The Balaban J connectivity index is 2.04. The molecular formula is C11H15NS. The second-order valence-corrected chi connectivity index (χ2v) is 5.01. The van der Waals surface area contributed by atoms with Gasteiger partial charge in [0.05, 0.1) is 0 Å². The second kappa shape index (κ2) is 4.14. The van der Waals surface area contributed by atoms with Crippen LogP contribution in [0.1, 0.15) is 31.2 Å². The number of nitrogens with zero attached hydrogens (tertiary/aromatic N) is 1. The minimum absolute atomic E-state index is 0.862. The van der Waals surface area contributed by atoms with Crippen molar-refractivity contribution in [3.63, 3.8) is 0 Å². The Morgan fingerprint density at radius 3 is 2.85 bits per heavy atom. The molecule has 1 aliphatic rings. The number of hydrogen-bond donors (Lipinski definition) is 0. The summed E-state index contributed by atoms with van der Waals surface area (Å²) in [5, 5.41) is 0.862. The molecule has 0 N–H and O–H groups in total. The van der Waals surface area contributed by atoms with Crippen LogP contribution < -0.4 is 0 Å². The van der Waals surface area contributed by atoms with Crippen molar-refractivity contribution in [3.05, 3.63) is 24.0 Å². The Morgan fingerprint density at radius 2 is 2.15 bits per heavy atom. The van der Waals surface area contributed by atoms with Crippen molar-refractivity contribution < 1.29 is 0 Å². The Bertz CT molecular complexity index is 279. The van der Waals surface area contributed by atoms with Crippen LogP contribution in [0.5, 0.6) is 0 Å². The highest BCUT2D eigenvalue weighted by Crippen LogP contribution is 2.35. The van der Waals surface area contributed by atoms with Gasteiger partial charge < -0.3 is 0 Å². The predicted octanol–water partition coefficient (Wildman–Crippen LogP) is 3.42. The number of pyridine rings is 1. The molecule has 1 aromatic heterocycles. The van der Waals surface area contributed by atoms with Gasteiger partial charge in [0.15, 0.2) is 0 Å². The third kappa shape index (κ3) is 2.25. The lowest BCUT2D eigenvalue weighted by atomic mass is 10.3. The maximum atomic E-state index is 4.11. The first-order chi connectivity index (χ1) is 6.36. The zero-order valence-electron chi connectivity index (χ0n) is 7.99. The molecule has 0 radical (unpaired) electrons. The largest absolute Gasteiger partial charge is 0.264 e. The normalized spacial score (nSPS) is 17.9. The first-order valence-electron chi connectivity index (χ1n) is 4.93. The summed E-state index contributed by atoms with van der Waals surface area (Å²) >= 11 is 2.04. The first-order valence-corrected chi connectivity index (χ1v) is 5.81. The maximum Gasteiger partial charge on any atom is 0.0308 e. The van der Waals surface area contributed by atoms with Crippen molar-refractivity contribution >= 4 is 11.8 Å². The topological polar surface area (TPSA) is 12.9 Å². The molecule has 1 saturated carbocycles. The molecule has 2 rings (SSSR count). The minimum Gasteiger partial charge on any atom is -0.264 e. The average molecular weight is 193 g/mol. The lowest BCUT2D eigenvalue weighted by molar-refractivity contribution is 0.886. The van der Waals surface area contributed by atoms with Gasteiger partial charge in [-0.15, -0.1) is 11.8 Å². The summed E-state index contributed by atoms with van der Waals surface area (Å²) in [6.07, 6.45) is 9.48. The van der Waals surface area contributed by atoms with Crippen molar-refractivity contribution in [3.8, 4) is 0 Å². The summed E-state index contributed by atoms with van der Waals surface area (Å²) in [5.41, 5.74) is 1.32. The fourth-order valence-electron chi connectivity index (χ4n) is 1.78. The Labute approximate surface area is 84.0 Å². The minimum atomic E-state index is 0.862. The van der Waals surface area contributed by atoms with Gasteiger partial charge in [-0.05, 0) is 31.4 Å². The summed E-state index contributed by atoms with van der Waals surface area (Å²) in [7, 11) is 0. The van der Waals surface area contributed by atoms with E-state index in [0.29, 0.717) is 0 Å². The van der Waals surface area contributed by atoms with Crippen LogP contribution in [0.25, 0.3) is 0 Å². The zero-order chi connectivity index (χ0) is 9.10. The van der Waals surface area contributed by atoms with Crippen molar-refractivity contribution in [1.29, 1.82) is 0 Å². The van der Waals surface area contributed by atoms with E-state index >= 15 is 0 Å². The molecule has 1 fully saturated rings. The molecule has 1 aromatic rings. The van der Waals surface area contributed by atoms with E-state index in [2.05, 4.69) is 18.0 Å². The van der Waals surface area contributed by atoms with Crippen LogP contribution in [0.3, 0.4) is 0 Å². The molecular weight excluding hydrogens is 178 g/mol. The monoisotopic (exact) mass is 193 g/mol. The highest BCUT2D eigenvalue weighted by molar-refractivity contribution is 8.00. The molecule has 1 aliphatic carbocycles. The van der Waals surface area contributed by atoms with Crippen LogP contribution in [-0.2, 0) is 0 Å². The number of hydrogen-bond acceptors (Lipinski definition) is 2. The molecule has 0 bridgehead atoms. The average Bonchev–Trinajstić information content (AvgIpc) is 2.61. The van der Waals surface area contributed by atoms with Gasteiger partial charge in [0.2, 0.25) is 0 Å². The SMILES string of the molecule is Cc1cnccc1SC1CCCC1. The third-order valence-corrected chi connectivity index (χ3v) is 4.08. The van der Waals surface area contributed by atoms with E-state index in [0.717, 1.165) is 5.25 Å². The summed E-state index contributed by atoms with van der Waals surface area (Å²) in [5.74, 6) is 0. The second-order valence-electron chi connectivity index (χ2n) is 3.67. The third-order valence-electron chi connectivity index (χ3n) is 2.56. The van der Waals surface area contributed by atoms with Gasteiger partial charge in [-0.1, -0.05) is 12.8 Å². The Morgan fingerprint density at radius 1 is 1.38 bits per heavy atom. The summed E-state index contributed by atoms with van der Waals surface area (Å²) in [4.78, 5) is 5.52. The van der Waals surface area contributed by atoms with Gasteiger partial charge in [-0.3, -0.25) is 4.98 Å². The molecule has 0 aromatic carbocycles. The van der Waals surface area contributed by atoms with Crippen LogP contribution in [0.4, 0.5) is 0 Å². The zero-order valence-corrected chi connectivity index (χ0v) is 8.81. The molecule has 0 saturated heterocycles. The summed E-state index contributed by atoms with van der Waals surface area (Å²) in [6, 6.07) is 2.14. The van der Waals surface area contributed by atoms with E-state index in [9.17, 15) is 0 Å². The van der Waals surface area contributed by atoms with Crippen molar-refractivity contribution in [1.82, 2.24) is 4.98 Å². The lowest BCUT2D eigenvalue weighted by Gasteiger charge is -2.09. The van der Waals surface area contributed by atoms with Gasteiger partial charge in [0, 0.05) is 22.5 Å². The van der Waals surface area contributed by atoms with Gasteiger partial charge in [-0.25, -0.2) is 0 Å². The molecule has 0 amide bonds. The van der Waals surface area contributed by atoms with Crippen molar-refractivity contribution in [2.45, 2.75) is 42.8 Å². The Hall–Kier alpha value is -0.500. The molecule has 0 aliphatic heterocycles. The van der Waals surface area contributed by atoms with Crippen LogP contribution >= 0.6 is 11.8 Å². The number of thioether (sulfide) groups is 1. The van der Waals surface area contributed by atoms with Crippen LogP contribution in [-0.4, -0.2) is 10.2 Å². The first kappa shape index (κ1) is 9.07. The van der Waals surface area contributed by atoms with E-state index in [1.54, 1.807) is 0 Å². The molecule has 0 atom stereocenters. The molecule has 0 spiro atoms. The van der Waals surface area contributed by atoms with Crippen LogP contribution in [0.15, 0.2) is 23.4 Å². The predicted molar refractivity (Wildman–Crippen MR) is 57.1 cm³/mol. The smallest absolute Gasteiger partial charge is 0.0308 e. The molecule has 13 heavy (non-hydrogen) atoms. The molecule has 1 nitrogen and oxygen atoms in total. The molecule has 2 heteroatoms. The van der Waals surface area contributed by atoms with Gasteiger partial charge in [-0.2, -0.15) is 0 Å². The maximum absolute atomic E-state index is 4.11. The van der Waals surface area contributed by atoms with Crippen LogP contribution in [0, 0.1) is 6.92 Å². The highest BCUT2D eigenvalue weighted by Gasteiger charge is 2.16. The standard InChI is InChI=1S/C11H15NS/c1-9-8-12-7-6-11(9)13-10-4-2-3-5-10/h6-8,10H,2-5H2,1H3. The van der Waals surface area contributed by atoms with Crippen molar-refractivity contribution in [2.75, 3.05) is 0 Å². The Kier molecular flexibility index (Phi) is 2.89. The lowest BCUT2D eigenvalue weighted by Crippen LogP contribution is -1.94. The fraction of sp³-hybridized carbons (Fsp3) is 0.545. The van der Waals surface area contributed by atoms with Gasteiger partial charge in [0.1, 0.15) is 0 Å². The highest BCUT2D eigenvalue weighted by atomic mass is 32.2. The van der Waals surface area contributed by atoms with Gasteiger partial charge >= 0.3 is 0 Å². The quantitative estimate of drug-likeness (QED) is 0.713. The molecule has 0 unspecified atom stereocenters. The van der Waals surface area contributed by atoms with Crippen molar-refractivity contribution in [2.24, 2.45) is 0 Å². The summed E-state index contributed by atoms with van der Waals surface area (Å²) in [6.45, 7) is 2.14. The van der Waals surface area contributed by atoms with Gasteiger partial charge in [0.25, 0.3) is 0 Å². The van der Waals surface area contributed by atoms with E-state index in [1.807, 2.05) is 24.2 Å². The van der Waals surface area contributed by atoms with E-state index in [-0.39, 0.29) is 0 Å². The summed E-state index contributed by atoms with van der Waals surface area (Å²) < 4.78 is 0. The number of rotatable bonds is 2. The molecule has 70 valence electrons. The molecule has 1 heterocycles. The van der Waals surface area contributed by atoms with E-state index in [4.69, 9.17) is 0 Å². The van der Waals surface area contributed by atoms with E-state index < -0.39 is 0 Å². The number of aromatic nitrogens is 1.